The fourth-order valence-electron chi connectivity index (χ4n) is 1.60. The predicted octanol–water partition coefficient (Wildman–Crippen LogP) is 0.646. The van der Waals surface area contributed by atoms with Crippen LogP contribution < -0.4 is 9.67 Å². The van der Waals surface area contributed by atoms with E-state index < -0.39 is 5.97 Å². The number of carbonyl (C=O) groups excluding carboxylic acids is 1. The molecule has 0 aliphatic carbocycles. The molecule has 2 aromatic rings. The molecule has 1 aromatic carbocycles. The summed E-state index contributed by atoms with van der Waals surface area (Å²) >= 11 is 0. The number of carbonyl (C=O) groups is 1. The van der Waals surface area contributed by atoms with Crippen molar-refractivity contribution >= 4 is 40.8 Å². The molecule has 0 N–H and O–H groups in total. The Morgan fingerprint density at radius 3 is 2.60 bits per heavy atom. The van der Waals surface area contributed by atoms with Crippen molar-refractivity contribution < 1.29 is 14.5 Å². The van der Waals surface area contributed by atoms with Crippen LogP contribution in [0.5, 0.6) is 0 Å². The third-order valence-corrected chi connectivity index (χ3v) is 2.23. The lowest BCUT2D eigenvalue weighted by molar-refractivity contribution is -0.645. The van der Waals surface area contributed by atoms with Crippen molar-refractivity contribution in [1.82, 2.24) is 0 Å². The van der Waals surface area contributed by atoms with Gasteiger partial charge in [-0.25, -0.2) is 4.57 Å². The molecule has 1 heterocycles. The highest BCUT2D eigenvalue weighted by molar-refractivity contribution is 14.0. The van der Waals surface area contributed by atoms with Crippen molar-refractivity contribution in [2.75, 3.05) is 0 Å². The van der Waals surface area contributed by atoms with Gasteiger partial charge >= 0.3 is 0 Å². The van der Waals surface area contributed by atoms with Gasteiger partial charge in [0.15, 0.2) is 6.20 Å². The average molecular weight is 315 g/mol. The van der Waals surface area contributed by atoms with Crippen LogP contribution >= 0.6 is 24.0 Å². The van der Waals surface area contributed by atoms with Gasteiger partial charge in [0, 0.05) is 11.5 Å². The molecule has 0 spiro atoms. The highest BCUT2D eigenvalue weighted by atomic mass is 127. The normalized spacial score (nSPS) is 9.67. The second-order valence-electron chi connectivity index (χ2n) is 3.15. The molecule has 15 heavy (non-hydrogen) atoms. The van der Waals surface area contributed by atoms with Crippen LogP contribution in [-0.4, -0.2) is 5.97 Å². The number of para-hydroxylation sites is 1. The van der Waals surface area contributed by atoms with Gasteiger partial charge in [0.05, 0.1) is 11.5 Å². The monoisotopic (exact) mass is 315 g/mol. The summed E-state index contributed by atoms with van der Waals surface area (Å²) in [5.41, 5.74) is 0.917. The van der Waals surface area contributed by atoms with E-state index in [4.69, 9.17) is 0 Å². The second-order valence-corrected chi connectivity index (χ2v) is 3.15. The first-order valence-electron chi connectivity index (χ1n) is 4.29. The van der Waals surface area contributed by atoms with Crippen molar-refractivity contribution in [1.29, 1.82) is 0 Å². The smallest absolute Gasteiger partial charge is 0.221 e. The number of aromatic carboxylic acids is 1. The maximum absolute atomic E-state index is 10.8. The maximum atomic E-state index is 10.8. The molecule has 0 saturated carbocycles. The molecule has 0 amide bonds. The highest BCUT2D eigenvalue weighted by Crippen LogP contribution is 2.13. The summed E-state index contributed by atoms with van der Waals surface area (Å²) in [6.07, 6.45) is 1.81. The lowest BCUT2D eigenvalue weighted by Gasteiger charge is -2.04. The summed E-state index contributed by atoms with van der Waals surface area (Å²) in [6, 6.07) is 8.90. The van der Waals surface area contributed by atoms with Crippen molar-refractivity contribution in [2.45, 2.75) is 0 Å². The fraction of sp³-hybridized carbons (Fsp3) is 0.0909. The number of benzene rings is 1. The van der Waals surface area contributed by atoms with Crippen LogP contribution in [-0.2, 0) is 7.05 Å². The Morgan fingerprint density at radius 1 is 1.27 bits per heavy atom. The van der Waals surface area contributed by atoms with Gasteiger partial charge in [0.2, 0.25) is 5.52 Å². The molecular formula is C11H10INO2. The van der Waals surface area contributed by atoms with Crippen LogP contribution in [0, 0.1) is 0 Å². The van der Waals surface area contributed by atoms with E-state index in [1.807, 2.05) is 31.4 Å². The van der Waals surface area contributed by atoms with E-state index in [2.05, 4.69) is 0 Å². The summed E-state index contributed by atoms with van der Waals surface area (Å²) in [7, 11) is 1.81. The molecule has 0 bridgehead atoms. The topological polar surface area (TPSA) is 44.0 Å². The lowest BCUT2D eigenvalue weighted by atomic mass is 10.1. The fourth-order valence-corrected chi connectivity index (χ4v) is 1.60. The number of aryl methyl sites for hydroxylation is 1. The molecule has 78 valence electrons. The first-order valence-corrected chi connectivity index (χ1v) is 4.29. The van der Waals surface area contributed by atoms with Gasteiger partial charge in [-0.2, -0.15) is 0 Å². The van der Waals surface area contributed by atoms with Gasteiger partial charge in [-0.05, 0) is 18.2 Å². The maximum Gasteiger partial charge on any atom is 0.221 e. The largest absolute Gasteiger partial charge is 0.545 e. The minimum Gasteiger partial charge on any atom is -0.545 e. The number of aromatic nitrogens is 1. The molecule has 4 heteroatoms. The minimum atomic E-state index is -1.14. The second kappa shape index (κ2) is 4.57. The van der Waals surface area contributed by atoms with Crippen LogP contribution in [0.4, 0.5) is 0 Å². The van der Waals surface area contributed by atoms with Gasteiger partial charge in [-0.1, -0.05) is 6.07 Å². The van der Waals surface area contributed by atoms with Crippen LogP contribution in [0.15, 0.2) is 36.5 Å². The Bertz CT molecular complexity index is 506. The summed E-state index contributed by atoms with van der Waals surface area (Å²) in [5, 5.41) is 11.7. The first-order chi connectivity index (χ1) is 6.70. The van der Waals surface area contributed by atoms with Gasteiger partial charge in [-0.15, -0.1) is 24.0 Å². The lowest BCUT2D eigenvalue weighted by Crippen LogP contribution is -2.32. The average Bonchev–Trinajstić information content (AvgIpc) is 2.17. The summed E-state index contributed by atoms with van der Waals surface area (Å²) < 4.78 is 1.78. The summed E-state index contributed by atoms with van der Waals surface area (Å²) in [5.74, 6) is -1.14. The number of pyridine rings is 1. The number of rotatable bonds is 1. The SMILES string of the molecule is C[n+]1cccc2cccc(C(=O)[O-])c21.I. The van der Waals surface area contributed by atoms with Crippen molar-refractivity contribution in [2.24, 2.45) is 7.05 Å². The number of hydrogen-bond donors (Lipinski definition) is 0. The Labute approximate surface area is 104 Å². The molecule has 2 rings (SSSR count). The van der Waals surface area contributed by atoms with E-state index in [0.29, 0.717) is 5.52 Å². The standard InChI is InChI=1S/C11H9NO2.HI/c1-12-7-3-5-8-4-2-6-9(10(8)12)11(13)14;/h2-7H,1H3;1H. The Balaban J connectivity index is 0.00000112. The van der Waals surface area contributed by atoms with Crippen molar-refractivity contribution in [3.8, 4) is 0 Å². The quantitative estimate of drug-likeness (QED) is 0.573. The number of carboxylic acid groups (broad SMARTS) is 1. The van der Waals surface area contributed by atoms with E-state index in [0.717, 1.165) is 5.39 Å². The molecule has 0 fully saturated rings. The van der Waals surface area contributed by atoms with Gasteiger partial charge < -0.3 is 9.90 Å². The molecule has 3 nitrogen and oxygen atoms in total. The van der Waals surface area contributed by atoms with Crippen LogP contribution in [0.2, 0.25) is 0 Å². The first kappa shape index (κ1) is 11.9. The number of carboxylic acids is 1. The van der Waals surface area contributed by atoms with Crippen molar-refractivity contribution in [3.63, 3.8) is 0 Å². The zero-order valence-corrected chi connectivity index (χ0v) is 10.5. The van der Waals surface area contributed by atoms with E-state index in [1.165, 1.54) is 0 Å². The van der Waals surface area contributed by atoms with E-state index in [-0.39, 0.29) is 29.5 Å². The van der Waals surface area contributed by atoms with Crippen LogP contribution in [0.1, 0.15) is 10.4 Å². The molecular weight excluding hydrogens is 305 g/mol. The van der Waals surface area contributed by atoms with E-state index in [1.54, 1.807) is 16.7 Å². The zero-order valence-electron chi connectivity index (χ0n) is 8.14. The molecule has 1 aromatic heterocycles. The van der Waals surface area contributed by atoms with E-state index >= 15 is 0 Å². The van der Waals surface area contributed by atoms with Gasteiger partial charge in [-0.3, -0.25) is 0 Å². The Morgan fingerprint density at radius 2 is 1.93 bits per heavy atom. The molecule has 0 radical (unpaired) electrons. The van der Waals surface area contributed by atoms with Crippen LogP contribution in [0.25, 0.3) is 10.9 Å². The number of halogens is 1. The number of fused-ring (bicyclic) bond motifs is 1. The molecule has 0 saturated heterocycles. The molecule has 0 aliphatic rings. The minimum absolute atomic E-state index is 0. The van der Waals surface area contributed by atoms with E-state index in [9.17, 15) is 9.90 Å². The van der Waals surface area contributed by atoms with Crippen LogP contribution in [0.3, 0.4) is 0 Å². The number of hydrogen-bond acceptors (Lipinski definition) is 2. The summed E-state index contributed by atoms with van der Waals surface area (Å²) in [6.45, 7) is 0. The van der Waals surface area contributed by atoms with Crippen molar-refractivity contribution in [3.05, 3.63) is 42.1 Å². The summed E-state index contributed by atoms with van der Waals surface area (Å²) in [4.78, 5) is 10.8. The third kappa shape index (κ3) is 2.09. The Hall–Kier alpha value is -1.17. The van der Waals surface area contributed by atoms with Gasteiger partial charge in [0.25, 0.3) is 0 Å². The molecule has 0 atom stereocenters. The number of nitrogens with zero attached hydrogens (tertiary/aromatic N) is 1. The highest BCUT2D eigenvalue weighted by Gasteiger charge is 2.09. The Kier molecular flexibility index (Phi) is 3.62. The zero-order chi connectivity index (χ0) is 10.1. The molecule has 0 aliphatic heterocycles. The van der Waals surface area contributed by atoms with Gasteiger partial charge in [0.1, 0.15) is 7.05 Å². The predicted molar refractivity (Wildman–Crippen MR) is 64.9 cm³/mol. The third-order valence-electron chi connectivity index (χ3n) is 2.23. The molecule has 0 unspecified atom stereocenters.